The standard InChI is InChI=1S/C18H24Cl2N2O2S/c1-11(2)9-16(23)21(4)7-8-22-17(24)12(3)25-18(22)13-5-6-14(19)15(20)10-13/h5-6,10-12,18H,7-9H2,1-4H3/t12-,18-/m0/s1. The van der Waals surface area contributed by atoms with Crippen LogP contribution in [-0.2, 0) is 9.59 Å². The van der Waals surface area contributed by atoms with Crippen molar-refractivity contribution in [2.75, 3.05) is 20.1 Å². The largest absolute Gasteiger partial charge is 0.344 e. The molecule has 0 aliphatic carbocycles. The summed E-state index contributed by atoms with van der Waals surface area (Å²) in [6.45, 7) is 6.97. The van der Waals surface area contributed by atoms with Gasteiger partial charge in [-0.15, -0.1) is 11.8 Å². The summed E-state index contributed by atoms with van der Waals surface area (Å²) < 4.78 is 0. The third-order valence-electron chi connectivity index (χ3n) is 4.16. The van der Waals surface area contributed by atoms with Gasteiger partial charge in [-0.25, -0.2) is 0 Å². The molecule has 0 unspecified atom stereocenters. The zero-order valence-electron chi connectivity index (χ0n) is 15.0. The van der Waals surface area contributed by atoms with E-state index in [9.17, 15) is 9.59 Å². The molecule has 2 rings (SSSR count). The predicted molar refractivity (Wildman–Crippen MR) is 105 cm³/mol. The van der Waals surface area contributed by atoms with Crippen LogP contribution in [-0.4, -0.2) is 47.0 Å². The maximum Gasteiger partial charge on any atom is 0.236 e. The minimum Gasteiger partial charge on any atom is -0.344 e. The summed E-state index contributed by atoms with van der Waals surface area (Å²) in [7, 11) is 1.79. The Balaban J connectivity index is 2.09. The first-order chi connectivity index (χ1) is 11.7. The Hall–Kier alpha value is -0.910. The molecule has 138 valence electrons. The predicted octanol–water partition coefficient (Wildman–Crippen LogP) is 4.46. The van der Waals surface area contributed by atoms with E-state index in [0.29, 0.717) is 35.5 Å². The minimum absolute atomic E-state index is 0.0887. The first-order valence-electron chi connectivity index (χ1n) is 8.35. The summed E-state index contributed by atoms with van der Waals surface area (Å²) in [5.74, 6) is 0.516. The number of nitrogens with zero attached hydrogens (tertiary/aromatic N) is 2. The number of thioether (sulfide) groups is 1. The van der Waals surface area contributed by atoms with Crippen LogP contribution in [0.25, 0.3) is 0 Å². The van der Waals surface area contributed by atoms with Crippen molar-refractivity contribution in [3.63, 3.8) is 0 Å². The Bertz CT molecular complexity index is 654. The fraction of sp³-hybridized carbons (Fsp3) is 0.556. The van der Waals surface area contributed by atoms with Gasteiger partial charge in [0.2, 0.25) is 11.8 Å². The van der Waals surface area contributed by atoms with E-state index in [0.717, 1.165) is 5.56 Å². The van der Waals surface area contributed by atoms with Crippen LogP contribution in [0.3, 0.4) is 0 Å². The molecular formula is C18H24Cl2N2O2S. The number of carbonyl (C=O) groups excluding carboxylic acids is 2. The molecule has 1 aromatic rings. The lowest BCUT2D eigenvalue weighted by Crippen LogP contribution is -2.39. The molecule has 1 saturated heterocycles. The van der Waals surface area contributed by atoms with Crippen molar-refractivity contribution in [1.29, 1.82) is 0 Å². The number of halogens is 2. The molecule has 7 heteroatoms. The summed E-state index contributed by atoms with van der Waals surface area (Å²) in [6, 6.07) is 5.47. The van der Waals surface area contributed by atoms with Gasteiger partial charge in [0.25, 0.3) is 0 Å². The third-order valence-corrected chi connectivity index (χ3v) is 6.29. The molecular weight excluding hydrogens is 379 g/mol. The lowest BCUT2D eigenvalue weighted by Gasteiger charge is -2.27. The maximum absolute atomic E-state index is 12.5. The van der Waals surface area contributed by atoms with Gasteiger partial charge < -0.3 is 9.80 Å². The normalized spacial score (nSPS) is 20.4. The van der Waals surface area contributed by atoms with Gasteiger partial charge in [0.15, 0.2) is 0 Å². The Morgan fingerprint density at radius 2 is 2.00 bits per heavy atom. The Labute approximate surface area is 163 Å². The van der Waals surface area contributed by atoms with Crippen LogP contribution >= 0.6 is 35.0 Å². The fourth-order valence-electron chi connectivity index (χ4n) is 2.71. The van der Waals surface area contributed by atoms with E-state index in [-0.39, 0.29) is 22.4 Å². The lowest BCUT2D eigenvalue weighted by atomic mass is 10.1. The van der Waals surface area contributed by atoms with E-state index in [1.807, 2.05) is 37.8 Å². The van der Waals surface area contributed by atoms with E-state index in [1.54, 1.807) is 29.8 Å². The number of likely N-dealkylation sites (N-methyl/N-ethyl adjacent to an activating group) is 1. The Morgan fingerprint density at radius 3 is 2.60 bits per heavy atom. The van der Waals surface area contributed by atoms with Gasteiger partial charge >= 0.3 is 0 Å². The molecule has 1 fully saturated rings. The number of rotatable bonds is 6. The lowest BCUT2D eigenvalue weighted by molar-refractivity contribution is -0.134. The monoisotopic (exact) mass is 402 g/mol. The second-order valence-corrected chi connectivity index (χ2v) is 8.99. The third kappa shape index (κ3) is 5.05. The summed E-state index contributed by atoms with van der Waals surface area (Å²) in [4.78, 5) is 28.2. The highest BCUT2D eigenvalue weighted by molar-refractivity contribution is 8.01. The Morgan fingerprint density at radius 1 is 1.32 bits per heavy atom. The molecule has 2 amide bonds. The molecule has 0 bridgehead atoms. The first kappa shape index (κ1) is 20.4. The van der Waals surface area contributed by atoms with Crippen molar-refractivity contribution in [3.8, 4) is 0 Å². The second kappa shape index (κ2) is 8.65. The molecule has 0 aromatic heterocycles. The van der Waals surface area contributed by atoms with Crippen LogP contribution in [0.1, 0.15) is 38.1 Å². The van der Waals surface area contributed by atoms with Crippen molar-refractivity contribution >= 4 is 46.8 Å². The SMILES string of the molecule is CC(C)CC(=O)N(C)CCN1C(=O)[C@H](C)S[C@H]1c1ccc(Cl)c(Cl)c1. The van der Waals surface area contributed by atoms with Crippen molar-refractivity contribution < 1.29 is 9.59 Å². The van der Waals surface area contributed by atoms with Crippen molar-refractivity contribution in [2.24, 2.45) is 5.92 Å². The number of hydrogen-bond acceptors (Lipinski definition) is 3. The topological polar surface area (TPSA) is 40.6 Å². The fourth-order valence-corrected chi connectivity index (χ4v) is 4.32. The van der Waals surface area contributed by atoms with E-state index < -0.39 is 0 Å². The number of amides is 2. The second-order valence-electron chi connectivity index (χ2n) is 6.75. The van der Waals surface area contributed by atoms with Crippen LogP contribution in [0, 0.1) is 5.92 Å². The first-order valence-corrected chi connectivity index (χ1v) is 10.1. The average Bonchev–Trinajstić information content (AvgIpc) is 2.82. The molecule has 0 spiro atoms. The summed E-state index contributed by atoms with van der Waals surface area (Å²) in [5.41, 5.74) is 0.952. The highest BCUT2D eigenvalue weighted by Crippen LogP contribution is 2.43. The van der Waals surface area contributed by atoms with Gasteiger partial charge in [-0.1, -0.05) is 43.1 Å². The molecule has 1 aliphatic rings. The van der Waals surface area contributed by atoms with Crippen molar-refractivity contribution in [2.45, 2.75) is 37.8 Å². The summed E-state index contributed by atoms with van der Waals surface area (Å²) in [6.07, 6.45) is 0.520. The molecule has 1 aliphatic heterocycles. The highest BCUT2D eigenvalue weighted by atomic mass is 35.5. The van der Waals surface area contributed by atoms with E-state index in [2.05, 4.69) is 0 Å². The molecule has 1 aromatic carbocycles. The maximum atomic E-state index is 12.5. The molecule has 25 heavy (non-hydrogen) atoms. The van der Waals surface area contributed by atoms with Crippen LogP contribution in [0.4, 0.5) is 0 Å². The van der Waals surface area contributed by atoms with Gasteiger partial charge in [0.05, 0.1) is 15.3 Å². The van der Waals surface area contributed by atoms with Crippen LogP contribution in [0.5, 0.6) is 0 Å². The van der Waals surface area contributed by atoms with Gasteiger partial charge in [0, 0.05) is 26.6 Å². The molecule has 0 radical (unpaired) electrons. The van der Waals surface area contributed by atoms with Crippen LogP contribution in [0.15, 0.2) is 18.2 Å². The number of hydrogen-bond donors (Lipinski definition) is 0. The van der Waals surface area contributed by atoms with Gasteiger partial charge in [-0.3, -0.25) is 9.59 Å². The van der Waals surface area contributed by atoms with Crippen LogP contribution < -0.4 is 0 Å². The van der Waals surface area contributed by atoms with E-state index >= 15 is 0 Å². The smallest absolute Gasteiger partial charge is 0.236 e. The van der Waals surface area contributed by atoms with Gasteiger partial charge in [0.1, 0.15) is 5.37 Å². The number of benzene rings is 1. The van der Waals surface area contributed by atoms with E-state index in [1.165, 1.54) is 0 Å². The molecule has 2 atom stereocenters. The molecule has 0 saturated carbocycles. The zero-order chi connectivity index (χ0) is 18.7. The molecule has 0 N–H and O–H groups in total. The van der Waals surface area contributed by atoms with Gasteiger partial charge in [-0.05, 0) is 30.5 Å². The average molecular weight is 403 g/mol. The molecule has 4 nitrogen and oxygen atoms in total. The van der Waals surface area contributed by atoms with Crippen molar-refractivity contribution in [3.05, 3.63) is 33.8 Å². The van der Waals surface area contributed by atoms with Crippen molar-refractivity contribution in [1.82, 2.24) is 9.80 Å². The summed E-state index contributed by atoms with van der Waals surface area (Å²) >= 11 is 13.7. The zero-order valence-corrected chi connectivity index (χ0v) is 17.3. The Kier molecular flexibility index (Phi) is 7.06. The quantitative estimate of drug-likeness (QED) is 0.704. The minimum atomic E-state index is -0.115. The highest BCUT2D eigenvalue weighted by Gasteiger charge is 2.38. The van der Waals surface area contributed by atoms with E-state index in [4.69, 9.17) is 23.2 Å². The summed E-state index contributed by atoms with van der Waals surface area (Å²) in [5, 5.41) is 0.760. The number of carbonyl (C=O) groups is 2. The van der Waals surface area contributed by atoms with Gasteiger partial charge in [-0.2, -0.15) is 0 Å². The van der Waals surface area contributed by atoms with Crippen LogP contribution in [0.2, 0.25) is 10.0 Å². The molecule has 1 heterocycles.